The summed E-state index contributed by atoms with van der Waals surface area (Å²) in [4.78, 5) is 30.6. The first-order valence-electron chi connectivity index (χ1n) is 11.8. The Morgan fingerprint density at radius 3 is 1.95 bits per heavy atom. The van der Waals surface area contributed by atoms with Crippen LogP contribution in [-0.4, -0.2) is 36.4 Å². The van der Waals surface area contributed by atoms with Gasteiger partial charge in [0.2, 0.25) is 12.1 Å². The van der Waals surface area contributed by atoms with E-state index in [0.717, 1.165) is 12.1 Å². The van der Waals surface area contributed by atoms with Gasteiger partial charge in [-0.15, -0.1) is 0 Å². The summed E-state index contributed by atoms with van der Waals surface area (Å²) in [5.74, 6) is -3.36. The number of halogens is 10. The first-order valence-corrected chi connectivity index (χ1v) is 11.8. The standard InChI is InChI=1S/C27H17F10N3O2/c28-18-7-5-15(6-8-18)22-19-3-1-2-4-20(19)40(13-25(29,30)31)24(42)23(39-22)38-21(41)11-14-9-16(26(32,33)34)12-17(10-14)27(35,36)37/h1-10,12,23H,11,13H2,(H,38,41). The Kier molecular flexibility index (Phi) is 8.07. The van der Waals surface area contributed by atoms with Gasteiger partial charge in [0.05, 0.1) is 28.9 Å². The number of anilines is 1. The number of fused-ring (bicyclic) bond motifs is 1. The van der Waals surface area contributed by atoms with Gasteiger partial charge in [-0.25, -0.2) is 9.38 Å². The maximum absolute atomic E-state index is 13.6. The normalized spacial score (nSPS) is 16.0. The van der Waals surface area contributed by atoms with Crippen molar-refractivity contribution in [3.8, 4) is 0 Å². The molecule has 1 heterocycles. The van der Waals surface area contributed by atoms with Crippen LogP contribution in [0.15, 0.2) is 71.7 Å². The van der Waals surface area contributed by atoms with Crippen molar-refractivity contribution in [1.29, 1.82) is 0 Å². The molecule has 0 bridgehead atoms. The summed E-state index contributed by atoms with van der Waals surface area (Å²) in [6, 6.07) is 10.2. The van der Waals surface area contributed by atoms with E-state index in [1.807, 2.05) is 5.32 Å². The molecule has 4 rings (SSSR count). The Hall–Kier alpha value is -4.43. The Balaban J connectivity index is 1.75. The van der Waals surface area contributed by atoms with Crippen molar-refractivity contribution in [2.45, 2.75) is 31.1 Å². The molecule has 1 aliphatic rings. The van der Waals surface area contributed by atoms with Crippen molar-refractivity contribution in [3.05, 3.63) is 100 Å². The van der Waals surface area contributed by atoms with Gasteiger partial charge in [-0.1, -0.05) is 18.2 Å². The van der Waals surface area contributed by atoms with Crippen LogP contribution < -0.4 is 10.2 Å². The van der Waals surface area contributed by atoms with Gasteiger partial charge in [0, 0.05) is 11.1 Å². The molecule has 0 fully saturated rings. The Labute approximate surface area is 230 Å². The number of carbonyl (C=O) groups is 2. The highest BCUT2D eigenvalue weighted by molar-refractivity contribution is 6.20. The molecule has 5 nitrogen and oxygen atoms in total. The Morgan fingerprint density at radius 2 is 1.40 bits per heavy atom. The number of carbonyl (C=O) groups excluding carboxylic acids is 2. The van der Waals surface area contributed by atoms with Crippen LogP contribution in [0, 0.1) is 5.82 Å². The number of alkyl halides is 9. The lowest BCUT2D eigenvalue weighted by atomic mass is 10.00. The first kappa shape index (κ1) is 30.5. The molecule has 222 valence electrons. The molecule has 0 saturated heterocycles. The van der Waals surface area contributed by atoms with Crippen LogP contribution in [0.25, 0.3) is 0 Å². The number of nitrogens with one attached hydrogen (secondary N) is 1. The number of benzene rings is 3. The van der Waals surface area contributed by atoms with Crippen LogP contribution in [0.4, 0.5) is 49.6 Å². The summed E-state index contributed by atoms with van der Waals surface area (Å²) >= 11 is 0. The fraction of sp³-hybridized carbons (Fsp3) is 0.222. The average Bonchev–Trinajstić information content (AvgIpc) is 2.98. The lowest BCUT2D eigenvalue weighted by Gasteiger charge is -2.26. The van der Waals surface area contributed by atoms with Gasteiger partial charge in [-0.2, -0.15) is 39.5 Å². The lowest BCUT2D eigenvalue weighted by Crippen LogP contribution is -2.50. The summed E-state index contributed by atoms with van der Waals surface area (Å²) in [7, 11) is 0. The van der Waals surface area contributed by atoms with Gasteiger partial charge in [0.1, 0.15) is 12.4 Å². The van der Waals surface area contributed by atoms with E-state index < -0.39 is 72.0 Å². The zero-order valence-electron chi connectivity index (χ0n) is 20.8. The highest BCUT2D eigenvalue weighted by atomic mass is 19.4. The van der Waals surface area contributed by atoms with Crippen LogP contribution in [0.2, 0.25) is 0 Å². The molecule has 42 heavy (non-hydrogen) atoms. The third-order valence-electron chi connectivity index (χ3n) is 5.97. The predicted molar refractivity (Wildman–Crippen MR) is 129 cm³/mol. The summed E-state index contributed by atoms with van der Waals surface area (Å²) < 4.78 is 133. The monoisotopic (exact) mass is 605 g/mol. The molecule has 0 spiro atoms. The number of nitrogens with zero attached hydrogens (tertiary/aromatic N) is 2. The fourth-order valence-corrected chi connectivity index (χ4v) is 4.21. The number of hydrogen-bond donors (Lipinski definition) is 1. The highest BCUT2D eigenvalue weighted by Gasteiger charge is 2.40. The van der Waals surface area contributed by atoms with E-state index >= 15 is 0 Å². The summed E-state index contributed by atoms with van der Waals surface area (Å²) in [5, 5.41) is 2.01. The number of amides is 2. The van der Waals surface area contributed by atoms with Gasteiger partial charge < -0.3 is 5.32 Å². The van der Waals surface area contributed by atoms with E-state index in [2.05, 4.69) is 4.99 Å². The van der Waals surface area contributed by atoms with Gasteiger partial charge >= 0.3 is 18.5 Å². The molecule has 2 amide bonds. The van der Waals surface area contributed by atoms with Crippen LogP contribution in [0.1, 0.15) is 27.8 Å². The quantitative estimate of drug-likeness (QED) is 0.348. The molecule has 0 saturated carbocycles. The highest BCUT2D eigenvalue weighted by Crippen LogP contribution is 2.36. The summed E-state index contributed by atoms with van der Waals surface area (Å²) in [6.45, 7) is -1.82. The number of hydrogen-bond acceptors (Lipinski definition) is 3. The summed E-state index contributed by atoms with van der Waals surface area (Å²) in [5.41, 5.74) is -4.35. The minimum Gasteiger partial charge on any atom is -0.326 e. The third-order valence-corrected chi connectivity index (χ3v) is 5.97. The topological polar surface area (TPSA) is 61.8 Å². The number of aliphatic imine (C=N–C) groups is 1. The van der Waals surface area contributed by atoms with E-state index in [1.54, 1.807) is 0 Å². The lowest BCUT2D eigenvalue weighted by molar-refractivity contribution is -0.143. The zero-order valence-corrected chi connectivity index (χ0v) is 20.8. The molecule has 0 aliphatic carbocycles. The van der Waals surface area contributed by atoms with Gasteiger partial charge in [-0.05, 0) is 54.1 Å². The van der Waals surface area contributed by atoms with Gasteiger partial charge in [-0.3, -0.25) is 14.5 Å². The third kappa shape index (κ3) is 7.06. The van der Waals surface area contributed by atoms with Crippen LogP contribution in [-0.2, 0) is 28.4 Å². The minimum absolute atomic E-state index is 0.00570. The van der Waals surface area contributed by atoms with E-state index in [0.29, 0.717) is 17.0 Å². The molecule has 1 atom stereocenters. The second-order valence-corrected chi connectivity index (χ2v) is 9.10. The maximum atomic E-state index is 13.6. The van der Waals surface area contributed by atoms with Crippen LogP contribution in [0.3, 0.4) is 0 Å². The molecule has 3 aromatic carbocycles. The predicted octanol–water partition coefficient (Wildman–Crippen LogP) is 6.29. The van der Waals surface area contributed by atoms with Crippen molar-refractivity contribution in [1.82, 2.24) is 5.32 Å². The van der Waals surface area contributed by atoms with Crippen molar-refractivity contribution in [3.63, 3.8) is 0 Å². The molecule has 15 heteroatoms. The molecule has 1 unspecified atom stereocenters. The molecular weight excluding hydrogens is 588 g/mol. The van der Waals surface area contributed by atoms with Crippen LogP contribution >= 0.6 is 0 Å². The van der Waals surface area contributed by atoms with E-state index in [4.69, 9.17) is 0 Å². The van der Waals surface area contributed by atoms with Gasteiger partial charge in [0.25, 0.3) is 5.91 Å². The SMILES string of the molecule is O=C(Cc1cc(C(F)(F)F)cc(C(F)(F)F)c1)NC1N=C(c2ccc(F)cc2)c2ccccc2N(CC(F)(F)F)C1=O. The average molecular weight is 605 g/mol. The van der Waals surface area contributed by atoms with Crippen molar-refractivity contribution in [2.75, 3.05) is 11.4 Å². The maximum Gasteiger partial charge on any atom is 0.416 e. The Bertz CT molecular complexity index is 1490. The number of benzodiazepines with no additional fused rings is 1. The number of rotatable bonds is 5. The largest absolute Gasteiger partial charge is 0.416 e. The minimum atomic E-state index is -5.19. The first-order chi connectivity index (χ1) is 19.4. The zero-order chi connectivity index (χ0) is 31.0. The molecule has 1 N–H and O–H groups in total. The molecular formula is C27H17F10N3O2. The summed E-state index contributed by atoms with van der Waals surface area (Å²) in [6.07, 6.45) is -18.5. The van der Waals surface area contributed by atoms with Gasteiger partial charge in [0.15, 0.2) is 0 Å². The van der Waals surface area contributed by atoms with Crippen molar-refractivity contribution < 1.29 is 53.5 Å². The second kappa shape index (κ2) is 11.1. The van der Waals surface area contributed by atoms with Crippen LogP contribution in [0.5, 0.6) is 0 Å². The molecule has 1 aliphatic heterocycles. The molecule has 0 aromatic heterocycles. The second-order valence-electron chi connectivity index (χ2n) is 9.10. The van der Waals surface area contributed by atoms with Crippen molar-refractivity contribution >= 4 is 23.2 Å². The van der Waals surface area contributed by atoms with E-state index in [-0.39, 0.29) is 28.6 Å². The van der Waals surface area contributed by atoms with Crippen molar-refractivity contribution in [2.24, 2.45) is 4.99 Å². The van der Waals surface area contributed by atoms with E-state index in [1.165, 1.54) is 36.4 Å². The molecule has 0 radical (unpaired) electrons. The van der Waals surface area contributed by atoms with E-state index in [9.17, 15) is 53.5 Å². The fourth-order valence-electron chi connectivity index (χ4n) is 4.21. The molecule has 3 aromatic rings. The smallest absolute Gasteiger partial charge is 0.326 e. The Morgan fingerprint density at radius 1 is 0.833 bits per heavy atom. The number of para-hydroxylation sites is 1.